The van der Waals surface area contributed by atoms with Crippen molar-refractivity contribution in [3.8, 4) is 5.75 Å². The van der Waals surface area contributed by atoms with Crippen LogP contribution in [0.5, 0.6) is 5.75 Å². The second-order valence-corrected chi connectivity index (χ2v) is 4.78. The summed E-state index contributed by atoms with van der Waals surface area (Å²) >= 11 is 0. The van der Waals surface area contributed by atoms with Crippen molar-refractivity contribution in [1.82, 2.24) is 15.5 Å². The number of aromatic nitrogens is 2. The van der Waals surface area contributed by atoms with Gasteiger partial charge in [0.1, 0.15) is 5.75 Å². The van der Waals surface area contributed by atoms with E-state index in [-0.39, 0.29) is 0 Å². The first kappa shape index (κ1) is 14.5. The fraction of sp³-hybridized carbons (Fsp3) is 0.467. The zero-order valence-electron chi connectivity index (χ0n) is 12.2. The third-order valence-corrected chi connectivity index (χ3v) is 3.15. The van der Waals surface area contributed by atoms with Gasteiger partial charge in [0.05, 0.1) is 0 Å². The highest BCUT2D eigenvalue weighted by atomic mass is 16.5. The van der Waals surface area contributed by atoms with Crippen molar-refractivity contribution in [2.75, 3.05) is 7.05 Å². The van der Waals surface area contributed by atoms with Crippen LogP contribution in [-0.4, -0.2) is 23.2 Å². The SMILES string of the molecule is CCc1noc(COc2ccc(CC(C)NC)cc2)n1. The van der Waals surface area contributed by atoms with Gasteiger partial charge < -0.3 is 14.6 Å². The highest BCUT2D eigenvalue weighted by Crippen LogP contribution is 2.15. The summed E-state index contributed by atoms with van der Waals surface area (Å²) in [6.45, 7) is 4.45. The normalized spacial score (nSPS) is 12.3. The molecular weight excluding hydrogens is 254 g/mol. The molecule has 1 aromatic carbocycles. The minimum Gasteiger partial charge on any atom is -0.484 e. The van der Waals surface area contributed by atoms with E-state index in [2.05, 4.69) is 34.5 Å². The summed E-state index contributed by atoms with van der Waals surface area (Å²) in [5.74, 6) is 2.02. The summed E-state index contributed by atoms with van der Waals surface area (Å²) in [6, 6.07) is 8.56. The second-order valence-electron chi connectivity index (χ2n) is 4.78. The summed E-state index contributed by atoms with van der Waals surface area (Å²) in [6.07, 6.45) is 1.77. The van der Waals surface area contributed by atoms with Gasteiger partial charge in [-0.05, 0) is 38.1 Å². The van der Waals surface area contributed by atoms with E-state index in [9.17, 15) is 0 Å². The molecule has 0 bridgehead atoms. The van der Waals surface area contributed by atoms with Crippen LogP contribution in [0.25, 0.3) is 0 Å². The first-order valence-corrected chi connectivity index (χ1v) is 6.91. The Labute approximate surface area is 119 Å². The Kier molecular flexibility index (Phi) is 5.12. The number of likely N-dealkylation sites (N-methyl/N-ethyl adjacent to an activating group) is 1. The molecule has 0 aliphatic rings. The molecular formula is C15H21N3O2. The molecule has 0 radical (unpaired) electrons. The Bertz CT molecular complexity index is 522. The molecule has 5 nitrogen and oxygen atoms in total. The standard InChI is InChI=1S/C15H21N3O2/c1-4-14-17-15(20-18-14)10-19-13-7-5-12(6-8-13)9-11(2)16-3/h5-8,11,16H,4,9-10H2,1-3H3. The monoisotopic (exact) mass is 275 g/mol. The number of aryl methyl sites for hydroxylation is 1. The largest absolute Gasteiger partial charge is 0.484 e. The molecule has 20 heavy (non-hydrogen) atoms. The molecule has 0 fully saturated rings. The number of ether oxygens (including phenoxy) is 1. The van der Waals surface area contributed by atoms with Crippen molar-refractivity contribution < 1.29 is 9.26 Å². The van der Waals surface area contributed by atoms with Crippen molar-refractivity contribution in [1.29, 1.82) is 0 Å². The summed E-state index contributed by atoms with van der Waals surface area (Å²) in [5, 5.41) is 7.05. The van der Waals surface area contributed by atoms with Gasteiger partial charge in [-0.3, -0.25) is 0 Å². The van der Waals surface area contributed by atoms with E-state index in [0.717, 1.165) is 18.6 Å². The molecule has 1 atom stereocenters. The maximum Gasteiger partial charge on any atom is 0.264 e. The maximum atomic E-state index is 5.62. The van der Waals surface area contributed by atoms with E-state index in [1.165, 1.54) is 5.56 Å². The first-order chi connectivity index (χ1) is 9.71. The summed E-state index contributed by atoms with van der Waals surface area (Å²) in [4.78, 5) is 4.20. The first-order valence-electron chi connectivity index (χ1n) is 6.91. The summed E-state index contributed by atoms with van der Waals surface area (Å²) in [7, 11) is 1.97. The molecule has 108 valence electrons. The number of nitrogens with one attached hydrogen (secondary N) is 1. The molecule has 0 spiro atoms. The molecule has 1 unspecified atom stereocenters. The Hall–Kier alpha value is -1.88. The van der Waals surface area contributed by atoms with Crippen molar-refractivity contribution in [3.63, 3.8) is 0 Å². The molecule has 0 aliphatic heterocycles. The van der Waals surface area contributed by atoms with Crippen LogP contribution in [0.3, 0.4) is 0 Å². The van der Waals surface area contributed by atoms with Crippen LogP contribution in [0.15, 0.2) is 28.8 Å². The zero-order chi connectivity index (χ0) is 14.4. The number of hydrogen-bond donors (Lipinski definition) is 1. The molecule has 0 saturated heterocycles. The van der Waals surface area contributed by atoms with Crippen molar-refractivity contribution in [2.45, 2.75) is 39.3 Å². The Balaban J connectivity index is 1.87. The highest BCUT2D eigenvalue weighted by Gasteiger charge is 2.06. The van der Waals surface area contributed by atoms with Crippen molar-refractivity contribution >= 4 is 0 Å². The van der Waals surface area contributed by atoms with Gasteiger partial charge in [0.2, 0.25) is 0 Å². The molecule has 5 heteroatoms. The average molecular weight is 275 g/mol. The van der Waals surface area contributed by atoms with Crippen LogP contribution >= 0.6 is 0 Å². The summed E-state index contributed by atoms with van der Waals surface area (Å²) < 4.78 is 10.7. The van der Waals surface area contributed by atoms with Crippen LogP contribution in [0.1, 0.15) is 31.1 Å². The van der Waals surface area contributed by atoms with Gasteiger partial charge in [-0.15, -0.1) is 0 Å². The lowest BCUT2D eigenvalue weighted by Crippen LogP contribution is -2.23. The third-order valence-electron chi connectivity index (χ3n) is 3.15. The Morgan fingerprint density at radius 2 is 2.05 bits per heavy atom. The predicted molar refractivity (Wildman–Crippen MR) is 76.7 cm³/mol. The predicted octanol–water partition coefficient (Wildman–Crippen LogP) is 2.36. The minimum absolute atomic E-state index is 0.305. The number of rotatable bonds is 7. The molecule has 0 aliphatic carbocycles. The fourth-order valence-corrected chi connectivity index (χ4v) is 1.81. The van der Waals surface area contributed by atoms with Gasteiger partial charge >= 0.3 is 0 Å². The van der Waals surface area contributed by atoms with E-state index in [0.29, 0.717) is 24.4 Å². The van der Waals surface area contributed by atoms with Gasteiger partial charge in [0.15, 0.2) is 12.4 Å². The van der Waals surface area contributed by atoms with Crippen molar-refractivity contribution in [2.24, 2.45) is 0 Å². The van der Waals surface area contributed by atoms with Gasteiger partial charge in [-0.1, -0.05) is 24.2 Å². The summed E-state index contributed by atoms with van der Waals surface area (Å²) in [5.41, 5.74) is 1.28. The quantitative estimate of drug-likeness (QED) is 0.840. The van der Waals surface area contributed by atoms with Crippen LogP contribution < -0.4 is 10.1 Å². The van der Waals surface area contributed by atoms with E-state index in [4.69, 9.17) is 9.26 Å². The smallest absolute Gasteiger partial charge is 0.264 e. The lowest BCUT2D eigenvalue weighted by atomic mass is 10.1. The molecule has 1 N–H and O–H groups in total. The topological polar surface area (TPSA) is 60.2 Å². The van der Waals surface area contributed by atoms with Gasteiger partial charge in [-0.2, -0.15) is 4.98 Å². The molecule has 1 aromatic heterocycles. The van der Waals surface area contributed by atoms with Crippen LogP contribution in [0.4, 0.5) is 0 Å². The second kappa shape index (κ2) is 7.05. The molecule has 0 saturated carbocycles. The molecule has 0 amide bonds. The van der Waals surface area contributed by atoms with Crippen LogP contribution in [-0.2, 0) is 19.4 Å². The highest BCUT2D eigenvalue weighted by molar-refractivity contribution is 5.27. The van der Waals surface area contributed by atoms with E-state index in [1.807, 2.05) is 26.1 Å². The third kappa shape index (κ3) is 4.06. The Morgan fingerprint density at radius 3 is 2.65 bits per heavy atom. The van der Waals surface area contributed by atoms with E-state index < -0.39 is 0 Å². The van der Waals surface area contributed by atoms with E-state index >= 15 is 0 Å². The van der Waals surface area contributed by atoms with E-state index in [1.54, 1.807) is 0 Å². The van der Waals surface area contributed by atoms with Crippen LogP contribution in [0.2, 0.25) is 0 Å². The minimum atomic E-state index is 0.305. The Morgan fingerprint density at radius 1 is 1.30 bits per heavy atom. The number of hydrogen-bond acceptors (Lipinski definition) is 5. The molecule has 1 heterocycles. The van der Waals surface area contributed by atoms with Gasteiger partial charge in [0, 0.05) is 12.5 Å². The fourth-order valence-electron chi connectivity index (χ4n) is 1.81. The van der Waals surface area contributed by atoms with Gasteiger partial charge in [-0.25, -0.2) is 0 Å². The number of benzene rings is 1. The van der Waals surface area contributed by atoms with Crippen molar-refractivity contribution in [3.05, 3.63) is 41.5 Å². The van der Waals surface area contributed by atoms with Gasteiger partial charge in [0.25, 0.3) is 5.89 Å². The molecule has 2 aromatic rings. The number of nitrogens with zero attached hydrogens (tertiary/aromatic N) is 2. The van der Waals surface area contributed by atoms with Crippen LogP contribution in [0, 0.1) is 0 Å². The zero-order valence-corrected chi connectivity index (χ0v) is 12.2. The molecule has 2 rings (SSSR count). The average Bonchev–Trinajstić information content (AvgIpc) is 2.94. The lowest BCUT2D eigenvalue weighted by molar-refractivity contribution is 0.242. The lowest BCUT2D eigenvalue weighted by Gasteiger charge is -2.10. The maximum absolute atomic E-state index is 5.62.